The summed E-state index contributed by atoms with van der Waals surface area (Å²) in [4.78, 5) is 12.2. The molecular formula is C46H42BN3O4. The third-order valence-electron chi connectivity index (χ3n) is 13.7. The largest absolute Gasteiger partial charge is 0.508 e. The number of phenols is 4. The van der Waals surface area contributed by atoms with Crippen molar-refractivity contribution >= 4 is 41.3 Å². The first-order valence-electron chi connectivity index (χ1n) is 19.3. The predicted molar refractivity (Wildman–Crippen MR) is 213 cm³/mol. The van der Waals surface area contributed by atoms with E-state index < -0.39 is 28.5 Å². The van der Waals surface area contributed by atoms with Crippen molar-refractivity contribution in [3.8, 4) is 45.6 Å². The van der Waals surface area contributed by atoms with Gasteiger partial charge in [0.15, 0.2) is 17.3 Å². The lowest BCUT2D eigenvalue weighted by molar-refractivity contribution is -0.0427. The average molecular weight is 712 g/mol. The molecule has 4 bridgehead atoms. The first-order chi connectivity index (χ1) is 26.2. The molecular weight excluding hydrogens is 669 g/mol. The molecule has 1 aromatic heterocycles. The minimum Gasteiger partial charge on any atom is -0.508 e. The summed E-state index contributed by atoms with van der Waals surface area (Å²) in [5, 5.41) is 43.4. The zero-order valence-corrected chi connectivity index (χ0v) is 30.4. The van der Waals surface area contributed by atoms with Gasteiger partial charge in [0.25, 0.3) is 0 Å². The zero-order valence-electron chi connectivity index (χ0n) is 30.4. The maximum Gasteiger partial charge on any atom is 0.200 e. The molecule has 2 radical (unpaired) electrons. The van der Waals surface area contributed by atoms with E-state index in [-0.39, 0.29) is 16.7 Å². The maximum absolute atomic E-state index is 11.1. The van der Waals surface area contributed by atoms with Crippen LogP contribution in [0.2, 0.25) is 0 Å². The second-order valence-corrected chi connectivity index (χ2v) is 16.5. The Bertz CT molecular complexity index is 2420. The number of rotatable bonds is 3. The van der Waals surface area contributed by atoms with Gasteiger partial charge in [-0.1, -0.05) is 80.6 Å². The Morgan fingerprint density at radius 3 is 2.09 bits per heavy atom. The molecule has 7 nitrogen and oxygen atoms in total. The summed E-state index contributed by atoms with van der Waals surface area (Å²) in [7, 11) is 5.96. The highest BCUT2D eigenvalue weighted by Crippen LogP contribution is 2.66. The van der Waals surface area contributed by atoms with Crippen LogP contribution in [0, 0.1) is 35.5 Å². The molecule has 268 valence electrons. The molecule has 5 aliphatic carbocycles. The van der Waals surface area contributed by atoms with Gasteiger partial charge in [0, 0.05) is 22.1 Å². The van der Waals surface area contributed by atoms with Crippen LogP contribution in [0.4, 0.5) is 17.1 Å². The lowest BCUT2D eigenvalue weighted by Gasteiger charge is -2.60. The van der Waals surface area contributed by atoms with Gasteiger partial charge in [-0.05, 0) is 115 Å². The van der Waals surface area contributed by atoms with Gasteiger partial charge >= 0.3 is 0 Å². The number of benzene rings is 5. The van der Waals surface area contributed by atoms with Crippen molar-refractivity contribution in [1.82, 2.24) is 9.97 Å². The molecule has 0 saturated heterocycles. The van der Waals surface area contributed by atoms with Gasteiger partial charge < -0.3 is 25.3 Å². The number of phenolic OH excluding ortho intramolecular Hbond substituents is 4. The highest BCUT2D eigenvalue weighted by atomic mass is 16.3. The van der Waals surface area contributed by atoms with Crippen LogP contribution in [0.25, 0.3) is 33.5 Å². The molecule has 6 aliphatic rings. The fourth-order valence-corrected chi connectivity index (χ4v) is 11.5. The Morgan fingerprint density at radius 1 is 0.667 bits per heavy atom. The minimum absolute atomic E-state index is 0.0676. The quantitative estimate of drug-likeness (QED) is 0.0823. The second kappa shape index (κ2) is 12.0. The van der Waals surface area contributed by atoms with E-state index in [0.717, 1.165) is 34.9 Å². The second-order valence-electron chi connectivity index (χ2n) is 16.5. The van der Waals surface area contributed by atoms with Crippen molar-refractivity contribution in [3.05, 3.63) is 108 Å². The molecule has 2 heterocycles. The lowest BCUT2D eigenvalue weighted by Crippen LogP contribution is -2.53. The number of aromatic hydroxyl groups is 4. The van der Waals surface area contributed by atoms with E-state index in [2.05, 4.69) is 79.4 Å². The Balaban J connectivity index is 1.15. The Morgan fingerprint density at radius 2 is 1.33 bits per heavy atom. The number of nitrogens with zero attached hydrogens (tertiary/aromatic N) is 3. The van der Waals surface area contributed by atoms with E-state index >= 15 is 0 Å². The third kappa shape index (κ3) is 4.61. The molecule has 5 saturated carbocycles. The average Bonchev–Trinajstić information content (AvgIpc) is 3.19. The normalized spacial score (nSPS) is 25.0. The molecule has 8 heteroatoms. The molecule has 5 aromatic carbocycles. The fraction of sp³-hybridized carbons (Fsp3) is 0.304. The fourth-order valence-electron chi connectivity index (χ4n) is 11.5. The first kappa shape index (κ1) is 33.1. The van der Waals surface area contributed by atoms with Crippen molar-refractivity contribution in [1.29, 1.82) is 0 Å². The standard InChI is InChI=1S/C46H42BN3O4/c1-24-18-26-20-31-25(2)19-28(22-32(24)31)46(23-26)33-13-4-7-16-36(33)50(37-17-8-5-14-34(37)46)29-11-9-10-27(21-29)45-48-35-15-6-3-12-30(35)40(49-45)38-41(51)39(47)43(53)44(54)42(38)52/h3-17,21,24-26,28,31-32,51-54H,18-20,22-23H2,1-2H3. The maximum atomic E-state index is 11.1. The van der Waals surface area contributed by atoms with Crippen LogP contribution in [0.3, 0.4) is 0 Å². The van der Waals surface area contributed by atoms with Crippen molar-refractivity contribution in [2.24, 2.45) is 35.5 Å². The van der Waals surface area contributed by atoms with E-state index in [9.17, 15) is 20.4 Å². The van der Waals surface area contributed by atoms with Crippen LogP contribution in [0.5, 0.6) is 23.0 Å². The number of aromatic nitrogens is 2. The summed E-state index contributed by atoms with van der Waals surface area (Å²) in [6, 6.07) is 33.6. The summed E-state index contributed by atoms with van der Waals surface area (Å²) >= 11 is 0. The van der Waals surface area contributed by atoms with Gasteiger partial charge in [0.2, 0.25) is 5.75 Å². The third-order valence-corrected chi connectivity index (χ3v) is 13.7. The molecule has 0 amide bonds. The van der Waals surface area contributed by atoms with Crippen LogP contribution >= 0.6 is 0 Å². The summed E-state index contributed by atoms with van der Waals surface area (Å²) < 4.78 is 0. The van der Waals surface area contributed by atoms with Crippen LogP contribution in [0.15, 0.2) is 97.1 Å². The smallest absolute Gasteiger partial charge is 0.200 e. The Labute approximate surface area is 316 Å². The van der Waals surface area contributed by atoms with Gasteiger partial charge in [-0.2, -0.15) is 0 Å². The van der Waals surface area contributed by atoms with Crippen LogP contribution < -0.4 is 10.4 Å². The highest BCUT2D eigenvalue weighted by Gasteiger charge is 2.57. The first-order valence-corrected chi connectivity index (χ1v) is 19.3. The van der Waals surface area contributed by atoms with E-state index in [1.165, 1.54) is 54.6 Å². The predicted octanol–water partition coefficient (Wildman–Crippen LogP) is 9.38. The van der Waals surface area contributed by atoms with Gasteiger partial charge in [-0.3, -0.25) is 0 Å². The van der Waals surface area contributed by atoms with E-state index in [1.54, 1.807) is 12.1 Å². The number of hydrogen-bond acceptors (Lipinski definition) is 7. The topological polar surface area (TPSA) is 110 Å². The molecule has 4 N–H and O–H groups in total. The van der Waals surface area contributed by atoms with E-state index in [4.69, 9.17) is 17.8 Å². The molecule has 6 aromatic rings. The number of fused-ring (bicyclic) bond motifs is 5. The summed E-state index contributed by atoms with van der Waals surface area (Å²) in [5.74, 6) is 1.85. The molecule has 1 aliphatic heterocycles. The van der Waals surface area contributed by atoms with Crippen molar-refractivity contribution < 1.29 is 20.4 Å². The SMILES string of the molecule is [B]c1c(O)c(O)c(O)c(-c2nc(-c3cccc(N4c5ccccc5C5(CC6CC(C)C7CC5CC(C)C7C6)c5ccccc54)c3)nc3ccccc23)c1O. The lowest BCUT2D eigenvalue weighted by atomic mass is 9.45. The molecule has 6 atom stereocenters. The van der Waals surface area contributed by atoms with Gasteiger partial charge in [-0.25, -0.2) is 9.97 Å². The molecule has 5 fully saturated rings. The molecule has 54 heavy (non-hydrogen) atoms. The Hall–Kier alpha value is -5.50. The molecule has 6 unspecified atom stereocenters. The summed E-state index contributed by atoms with van der Waals surface area (Å²) in [6.45, 7) is 5.05. The van der Waals surface area contributed by atoms with Crippen LogP contribution in [-0.2, 0) is 5.41 Å². The van der Waals surface area contributed by atoms with Crippen molar-refractivity contribution in [2.45, 2.75) is 51.4 Å². The van der Waals surface area contributed by atoms with E-state index in [1.807, 2.05) is 24.3 Å². The van der Waals surface area contributed by atoms with Crippen LogP contribution in [-0.4, -0.2) is 38.2 Å². The van der Waals surface area contributed by atoms with Crippen LogP contribution in [0.1, 0.15) is 57.1 Å². The minimum atomic E-state index is -0.833. The summed E-state index contributed by atoms with van der Waals surface area (Å²) in [6.07, 6.45) is 6.40. The molecule has 12 rings (SSSR count). The van der Waals surface area contributed by atoms with Crippen molar-refractivity contribution in [2.75, 3.05) is 4.90 Å². The Kier molecular flexibility index (Phi) is 7.36. The van der Waals surface area contributed by atoms with Gasteiger partial charge in [0.1, 0.15) is 13.6 Å². The zero-order chi connectivity index (χ0) is 37.0. The number of hydrogen-bond donors (Lipinski definition) is 4. The highest BCUT2D eigenvalue weighted by molar-refractivity contribution is 6.37. The van der Waals surface area contributed by atoms with E-state index in [0.29, 0.717) is 28.6 Å². The summed E-state index contributed by atoms with van der Waals surface area (Å²) in [5.41, 5.74) is 6.98. The monoisotopic (exact) mass is 711 g/mol. The molecule has 1 spiro atoms. The number of para-hydroxylation sites is 3. The van der Waals surface area contributed by atoms with Crippen molar-refractivity contribution in [3.63, 3.8) is 0 Å². The van der Waals surface area contributed by atoms with Gasteiger partial charge in [-0.15, -0.1) is 0 Å². The number of anilines is 3. The van der Waals surface area contributed by atoms with Gasteiger partial charge in [0.05, 0.1) is 28.1 Å².